The molecule has 1 aliphatic carbocycles. The lowest BCUT2D eigenvalue weighted by molar-refractivity contribution is -0.167. The number of amides is 1. The van der Waals surface area contributed by atoms with Crippen molar-refractivity contribution in [1.82, 2.24) is 0 Å². The second-order valence-electron chi connectivity index (χ2n) is 4.25. The molecule has 0 aromatic heterocycles. The number of anilines is 1. The molecule has 0 radical (unpaired) electrons. The van der Waals surface area contributed by atoms with Crippen LogP contribution in [0, 0.1) is 6.92 Å². The minimum atomic E-state index is -4.88. The van der Waals surface area contributed by atoms with E-state index < -0.39 is 12.1 Å². The molecule has 1 aromatic rings. The Bertz CT molecular complexity index is 467. The first-order valence-corrected chi connectivity index (χ1v) is 5.52. The predicted molar refractivity (Wildman–Crippen MR) is 59.5 cm³/mol. The molecule has 0 heterocycles. The molecule has 0 aliphatic heterocycles. The van der Waals surface area contributed by atoms with Crippen molar-refractivity contribution in [2.45, 2.75) is 32.0 Å². The van der Waals surface area contributed by atoms with Crippen LogP contribution in [0.2, 0.25) is 0 Å². The van der Waals surface area contributed by atoms with Crippen LogP contribution in [0.4, 0.5) is 18.9 Å². The van der Waals surface area contributed by atoms with Gasteiger partial charge >= 0.3 is 12.1 Å². The van der Waals surface area contributed by atoms with Gasteiger partial charge in [0.2, 0.25) is 0 Å². The average Bonchev–Trinajstić information content (AvgIpc) is 3.04. The molecule has 0 saturated heterocycles. The van der Waals surface area contributed by atoms with Crippen LogP contribution in [0.25, 0.3) is 0 Å². The number of carbonyl (C=O) groups is 1. The van der Waals surface area contributed by atoms with Gasteiger partial charge in [-0.2, -0.15) is 13.2 Å². The maximum atomic E-state index is 12.1. The average molecular weight is 259 g/mol. The first-order valence-electron chi connectivity index (χ1n) is 5.52. The minimum absolute atomic E-state index is 0.109. The molecule has 1 saturated carbocycles. The van der Waals surface area contributed by atoms with Gasteiger partial charge in [-0.25, -0.2) is 0 Å². The number of ether oxygens (including phenoxy) is 1. The van der Waals surface area contributed by atoms with Crippen molar-refractivity contribution in [2.24, 2.45) is 0 Å². The quantitative estimate of drug-likeness (QED) is 0.906. The second-order valence-corrected chi connectivity index (χ2v) is 4.25. The Hall–Kier alpha value is -1.72. The molecule has 0 unspecified atom stereocenters. The summed E-state index contributed by atoms with van der Waals surface area (Å²) in [5.41, 5.74) is 0.805. The fourth-order valence-corrected chi connectivity index (χ4v) is 1.43. The molecule has 18 heavy (non-hydrogen) atoms. The van der Waals surface area contributed by atoms with E-state index in [-0.39, 0.29) is 11.8 Å². The number of benzene rings is 1. The fraction of sp³-hybridized carbons (Fsp3) is 0.417. The first-order chi connectivity index (χ1) is 8.36. The van der Waals surface area contributed by atoms with Gasteiger partial charge in [0.05, 0.1) is 6.10 Å². The van der Waals surface area contributed by atoms with Gasteiger partial charge in [-0.3, -0.25) is 4.79 Å². The number of alkyl halides is 3. The van der Waals surface area contributed by atoms with Crippen molar-refractivity contribution in [3.8, 4) is 5.75 Å². The number of nitrogens with one attached hydrogen (secondary N) is 1. The smallest absolute Gasteiger partial charge is 0.471 e. The molecule has 6 heteroatoms. The molecule has 0 bridgehead atoms. The lowest BCUT2D eigenvalue weighted by Crippen LogP contribution is -2.29. The SMILES string of the molecule is Cc1cc(NC(=O)C(F)(F)F)ccc1OC1CC1. The summed E-state index contributed by atoms with van der Waals surface area (Å²) in [6.45, 7) is 1.72. The number of halogens is 3. The van der Waals surface area contributed by atoms with E-state index in [1.54, 1.807) is 18.3 Å². The van der Waals surface area contributed by atoms with Crippen LogP contribution in [0.5, 0.6) is 5.75 Å². The highest BCUT2D eigenvalue weighted by atomic mass is 19.4. The second kappa shape index (κ2) is 4.51. The van der Waals surface area contributed by atoms with Crippen molar-refractivity contribution in [2.75, 3.05) is 5.32 Å². The highest BCUT2D eigenvalue weighted by molar-refractivity contribution is 5.95. The molecule has 98 valence electrons. The number of aryl methyl sites for hydroxylation is 1. The van der Waals surface area contributed by atoms with E-state index in [1.165, 1.54) is 12.1 Å². The Morgan fingerprint density at radius 1 is 1.39 bits per heavy atom. The van der Waals surface area contributed by atoms with Crippen molar-refractivity contribution < 1.29 is 22.7 Å². The van der Waals surface area contributed by atoms with Crippen LogP contribution < -0.4 is 10.1 Å². The van der Waals surface area contributed by atoms with Gasteiger partial charge < -0.3 is 10.1 Å². The molecule has 1 aromatic carbocycles. The van der Waals surface area contributed by atoms with E-state index in [9.17, 15) is 18.0 Å². The Morgan fingerprint density at radius 2 is 2.06 bits per heavy atom. The monoisotopic (exact) mass is 259 g/mol. The Balaban J connectivity index is 2.06. The molecule has 1 amide bonds. The Labute approximate surface area is 102 Å². The molecular weight excluding hydrogens is 247 g/mol. The zero-order valence-electron chi connectivity index (χ0n) is 9.67. The molecule has 1 fully saturated rings. The minimum Gasteiger partial charge on any atom is -0.490 e. The van der Waals surface area contributed by atoms with Crippen LogP contribution >= 0.6 is 0 Å². The van der Waals surface area contributed by atoms with E-state index in [2.05, 4.69) is 0 Å². The van der Waals surface area contributed by atoms with Gasteiger partial charge in [0.1, 0.15) is 5.75 Å². The molecule has 3 nitrogen and oxygen atoms in total. The van der Waals surface area contributed by atoms with E-state index in [0.29, 0.717) is 11.3 Å². The topological polar surface area (TPSA) is 38.3 Å². The molecule has 0 spiro atoms. The summed E-state index contributed by atoms with van der Waals surface area (Å²) in [4.78, 5) is 10.8. The molecule has 2 rings (SSSR count). The predicted octanol–water partition coefficient (Wildman–Crippen LogP) is 3.04. The standard InChI is InChI=1S/C12H12F3NO2/c1-7-6-8(16-11(17)12(13,14)15)2-5-10(7)18-9-3-4-9/h2,5-6,9H,3-4H2,1H3,(H,16,17). The van der Waals surface area contributed by atoms with E-state index >= 15 is 0 Å². The van der Waals surface area contributed by atoms with Gasteiger partial charge in [-0.05, 0) is 43.5 Å². The lowest BCUT2D eigenvalue weighted by Gasteiger charge is -2.11. The summed E-state index contributed by atoms with van der Waals surface area (Å²) in [6, 6.07) is 4.43. The van der Waals surface area contributed by atoms with Gasteiger partial charge in [-0.15, -0.1) is 0 Å². The van der Waals surface area contributed by atoms with Crippen LogP contribution in [-0.4, -0.2) is 18.2 Å². The fourth-order valence-electron chi connectivity index (χ4n) is 1.43. The summed E-state index contributed by atoms with van der Waals surface area (Å²) in [6.07, 6.45) is -2.64. The molecule has 1 aliphatic rings. The normalized spacial score (nSPS) is 15.3. The molecule has 1 N–H and O–H groups in total. The molecule has 0 atom stereocenters. The third-order valence-electron chi connectivity index (χ3n) is 2.51. The zero-order chi connectivity index (χ0) is 13.3. The third kappa shape index (κ3) is 3.15. The highest BCUT2D eigenvalue weighted by Gasteiger charge is 2.38. The highest BCUT2D eigenvalue weighted by Crippen LogP contribution is 2.30. The number of hydrogen-bond donors (Lipinski definition) is 1. The number of carbonyl (C=O) groups excluding carboxylic acids is 1. The summed E-state index contributed by atoms with van der Waals surface area (Å²) in [7, 11) is 0. The summed E-state index contributed by atoms with van der Waals surface area (Å²) >= 11 is 0. The van der Waals surface area contributed by atoms with Crippen LogP contribution in [0.1, 0.15) is 18.4 Å². The van der Waals surface area contributed by atoms with Gasteiger partial charge in [0, 0.05) is 5.69 Å². The van der Waals surface area contributed by atoms with Crippen molar-refractivity contribution >= 4 is 11.6 Å². The van der Waals surface area contributed by atoms with E-state index in [0.717, 1.165) is 12.8 Å². The zero-order valence-corrected chi connectivity index (χ0v) is 9.67. The van der Waals surface area contributed by atoms with Crippen molar-refractivity contribution in [3.05, 3.63) is 23.8 Å². The summed E-state index contributed by atoms with van der Waals surface area (Å²) in [5.74, 6) is -1.33. The Kier molecular flexibility index (Phi) is 3.19. The number of hydrogen-bond acceptors (Lipinski definition) is 2. The van der Waals surface area contributed by atoms with Gasteiger partial charge in [0.25, 0.3) is 0 Å². The maximum absolute atomic E-state index is 12.1. The largest absolute Gasteiger partial charge is 0.490 e. The summed E-state index contributed by atoms with van der Waals surface area (Å²) in [5, 5.41) is 1.80. The van der Waals surface area contributed by atoms with Crippen LogP contribution in [0.15, 0.2) is 18.2 Å². The van der Waals surface area contributed by atoms with Crippen molar-refractivity contribution in [1.29, 1.82) is 0 Å². The van der Waals surface area contributed by atoms with Crippen molar-refractivity contribution in [3.63, 3.8) is 0 Å². The van der Waals surface area contributed by atoms with Crippen LogP contribution in [-0.2, 0) is 4.79 Å². The number of rotatable bonds is 3. The maximum Gasteiger partial charge on any atom is 0.471 e. The summed E-state index contributed by atoms with van der Waals surface area (Å²) < 4.78 is 41.7. The van der Waals surface area contributed by atoms with Gasteiger partial charge in [0.15, 0.2) is 0 Å². The van der Waals surface area contributed by atoms with E-state index in [1.807, 2.05) is 0 Å². The van der Waals surface area contributed by atoms with E-state index in [4.69, 9.17) is 4.74 Å². The first kappa shape index (κ1) is 12.7. The molecular formula is C12H12F3NO2. The lowest BCUT2D eigenvalue weighted by atomic mass is 10.2. The third-order valence-corrected chi connectivity index (χ3v) is 2.51. The van der Waals surface area contributed by atoms with Crippen LogP contribution in [0.3, 0.4) is 0 Å². The van der Waals surface area contributed by atoms with Gasteiger partial charge in [-0.1, -0.05) is 0 Å². The Morgan fingerprint density at radius 3 is 2.56 bits per heavy atom.